The Labute approximate surface area is 127 Å². The van der Waals surface area contributed by atoms with Crippen molar-refractivity contribution in [3.05, 3.63) is 35.4 Å². The van der Waals surface area contributed by atoms with Gasteiger partial charge in [-0.15, -0.1) is 0 Å². The summed E-state index contributed by atoms with van der Waals surface area (Å²) in [7, 11) is 0. The summed E-state index contributed by atoms with van der Waals surface area (Å²) in [6, 6.07) is 8.51. The normalized spacial score (nSPS) is 19.8. The summed E-state index contributed by atoms with van der Waals surface area (Å²) in [5.41, 5.74) is 2.54. The number of rotatable bonds is 5. The minimum Gasteiger partial charge on any atom is -0.340 e. The highest BCUT2D eigenvalue weighted by molar-refractivity contribution is 5.76. The Hall–Kier alpha value is -1.35. The molecule has 21 heavy (non-hydrogen) atoms. The molecule has 1 aliphatic heterocycles. The van der Waals surface area contributed by atoms with E-state index in [2.05, 4.69) is 41.0 Å². The zero-order valence-electron chi connectivity index (χ0n) is 13.1. The van der Waals surface area contributed by atoms with Gasteiger partial charge in [0.15, 0.2) is 0 Å². The molecule has 2 aliphatic rings. The highest BCUT2D eigenvalue weighted by atomic mass is 16.2. The molecule has 1 heterocycles. The minimum absolute atomic E-state index is 0.321. The fraction of sp³-hybridized carbons (Fsp3) is 0.611. The fourth-order valence-electron chi connectivity index (χ4n) is 3.01. The third kappa shape index (κ3) is 4.31. The molecule has 3 nitrogen and oxygen atoms in total. The Morgan fingerprint density at radius 2 is 1.76 bits per heavy atom. The van der Waals surface area contributed by atoms with Gasteiger partial charge in [-0.3, -0.25) is 9.69 Å². The van der Waals surface area contributed by atoms with Crippen molar-refractivity contribution in [1.29, 1.82) is 0 Å². The predicted octanol–water partition coefficient (Wildman–Crippen LogP) is 2.48. The number of benzene rings is 1. The van der Waals surface area contributed by atoms with Crippen LogP contribution < -0.4 is 0 Å². The van der Waals surface area contributed by atoms with Crippen molar-refractivity contribution in [3.63, 3.8) is 0 Å². The average molecular weight is 286 g/mol. The van der Waals surface area contributed by atoms with Gasteiger partial charge in [0.2, 0.25) is 5.91 Å². The van der Waals surface area contributed by atoms with Crippen molar-refractivity contribution < 1.29 is 4.79 Å². The first kappa shape index (κ1) is 14.6. The van der Waals surface area contributed by atoms with Gasteiger partial charge in [0.1, 0.15) is 0 Å². The van der Waals surface area contributed by atoms with Crippen LogP contribution in [0.2, 0.25) is 0 Å². The van der Waals surface area contributed by atoms with E-state index in [1.807, 2.05) is 0 Å². The van der Waals surface area contributed by atoms with E-state index in [1.165, 1.54) is 30.5 Å². The Balaban J connectivity index is 1.40. The van der Waals surface area contributed by atoms with Crippen LogP contribution in [-0.4, -0.2) is 48.4 Å². The van der Waals surface area contributed by atoms with E-state index >= 15 is 0 Å². The molecule has 1 aromatic carbocycles. The molecule has 1 amide bonds. The summed E-state index contributed by atoms with van der Waals surface area (Å²) in [5, 5.41) is 0. The second kappa shape index (κ2) is 6.61. The zero-order chi connectivity index (χ0) is 14.7. The Bertz CT molecular complexity index is 470. The maximum Gasteiger partial charge on any atom is 0.222 e. The molecule has 114 valence electrons. The molecule has 1 aromatic rings. The number of piperazine rings is 1. The lowest BCUT2D eigenvalue weighted by Gasteiger charge is -2.34. The summed E-state index contributed by atoms with van der Waals surface area (Å²) in [4.78, 5) is 16.9. The summed E-state index contributed by atoms with van der Waals surface area (Å²) < 4.78 is 0. The van der Waals surface area contributed by atoms with Gasteiger partial charge in [-0.25, -0.2) is 0 Å². The van der Waals surface area contributed by atoms with Crippen LogP contribution in [0.15, 0.2) is 24.3 Å². The summed E-state index contributed by atoms with van der Waals surface area (Å²) in [6.45, 7) is 7.31. The Kier molecular flexibility index (Phi) is 4.59. The summed E-state index contributed by atoms with van der Waals surface area (Å²) in [6.07, 6.45) is 4.33. The lowest BCUT2D eigenvalue weighted by molar-refractivity contribution is -0.132. The number of nitrogens with zero attached hydrogens (tertiary/aromatic N) is 2. The minimum atomic E-state index is 0.321. The Morgan fingerprint density at radius 3 is 2.38 bits per heavy atom. The molecule has 1 aliphatic carbocycles. The van der Waals surface area contributed by atoms with Crippen molar-refractivity contribution in [1.82, 2.24) is 9.80 Å². The molecule has 0 aromatic heterocycles. The highest BCUT2D eigenvalue weighted by Gasteiger charge is 2.27. The van der Waals surface area contributed by atoms with E-state index in [1.54, 1.807) is 0 Å². The van der Waals surface area contributed by atoms with E-state index in [0.29, 0.717) is 12.3 Å². The van der Waals surface area contributed by atoms with Crippen molar-refractivity contribution >= 4 is 5.91 Å². The molecule has 1 saturated carbocycles. The van der Waals surface area contributed by atoms with Crippen LogP contribution in [0.5, 0.6) is 0 Å². The quantitative estimate of drug-likeness (QED) is 0.830. The predicted molar refractivity (Wildman–Crippen MR) is 85.2 cm³/mol. The van der Waals surface area contributed by atoms with Crippen LogP contribution in [0.1, 0.15) is 30.4 Å². The van der Waals surface area contributed by atoms with E-state index < -0.39 is 0 Å². The average Bonchev–Trinajstić information content (AvgIpc) is 3.31. The maximum atomic E-state index is 12.3. The molecule has 0 radical (unpaired) electrons. The van der Waals surface area contributed by atoms with Gasteiger partial charge in [0, 0.05) is 39.1 Å². The van der Waals surface area contributed by atoms with E-state index in [9.17, 15) is 4.79 Å². The van der Waals surface area contributed by atoms with Gasteiger partial charge in [0.25, 0.3) is 0 Å². The zero-order valence-corrected chi connectivity index (χ0v) is 13.1. The van der Waals surface area contributed by atoms with Crippen LogP contribution in [0.25, 0.3) is 0 Å². The first-order valence-electron chi connectivity index (χ1n) is 8.26. The summed E-state index contributed by atoms with van der Waals surface area (Å²) in [5.74, 6) is 1.27. The monoisotopic (exact) mass is 286 g/mol. The van der Waals surface area contributed by atoms with Crippen LogP contribution in [-0.2, 0) is 11.2 Å². The van der Waals surface area contributed by atoms with Crippen molar-refractivity contribution in [3.8, 4) is 0 Å². The first-order chi connectivity index (χ1) is 10.2. The van der Waals surface area contributed by atoms with Gasteiger partial charge in [0.05, 0.1) is 0 Å². The van der Waals surface area contributed by atoms with Crippen molar-refractivity contribution in [2.75, 3.05) is 32.7 Å². The Morgan fingerprint density at radius 1 is 1.10 bits per heavy atom. The number of amides is 1. The van der Waals surface area contributed by atoms with Gasteiger partial charge in [-0.1, -0.05) is 29.8 Å². The molecule has 3 heteroatoms. The summed E-state index contributed by atoms with van der Waals surface area (Å²) >= 11 is 0. The largest absolute Gasteiger partial charge is 0.340 e. The SMILES string of the molecule is Cc1ccc(CCC(=O)N2CCN(CC3CC3)CC2)cc1. The third-order valence-electron chi connectivity index (χ3n) is 4.69. The van der Waals surface area contributed by atoms with Gasteiger partial charge in [-0.2, -0.15) is 0 Å². The number of hydrogen-bond donors (Lipinski definition) is 0. The molecule has 2 fully saturated rings. The molecule has 1 saturated heterocycles. The van der Waals surface area contributed by atoms with Gasteiger partial charge >= 0.3 is 0 Å². The van der Waals surface area contributed by atoms with Crippen molar-refractivity contribution in [2.45, 2.75) is 32.6 Å². The fourth-order valence-corrected chi connectivity index (χ4v) is 3.01. The topological polar surface area (TPSA) is 23.6 Å². The van der Waals surface area contributed by atoms with Gasteiger partial charge in [-0.05, 0) is 37.7 Å². The lowest BCUT2D eigenvalue weighted by atomic mass is 10.1. The third-order valence-corrected chi connectivity index (χ3v) is 4.69. The lowest BCUT2D eigenvalue weighted by Crippen LogP contribution is -2.49. The number of carbonyl (C=O) groups excluding carboxylic acids is 1. The molecule has 0 atom stereocenters. The number of aryl methyl sites for hydroxylation is 2. The number of hydrogen-bond acceptors (Lipinski definition) is 2. The maximum absolute atomic E-state index is 12.3. The molecular formula is C18H26N2O. The van der Waals surface area contributed by atoms with Gasteiger partial charge < -0.3 is 4.90 Å². The molecule has 3 rings (SSSR count). The van der Waals surface area contributed by atoms with E-state index in [4.69, 9.17) is 0 Å². The molecule has 0 N–H and O–H groups in total. The smallest absolute Gasteiger partial charge is 0.222 e. The van der Waals surface area contributed by atoms with E-state index in [0.717, 1.165) is 38.5 Å². The molecule has 0 bridgehead atoms. The second-order valence-electron chi connectivity index (χ2n) is 6.61. The van der Waals surface area contributed by atoms with Crippen molar-refractivity contribution in [2.24, 2.45) is 5.92 Å². The van der Waals surface area contributed by atoms with E-state index in [-0.39, 0.29) is 0 Å². The standard InChI is InChI=1S/C18H26N2O/c1-15-2-4-16(5-3-15)8-9-18(21)20-12-10-19(11-13-20)14-17-6-7-17/h2-5,17H,6-14H2,1H3. The molecule has 0 unspecified atom stereocenters. The number of carbonyl (C=O) groups is 1. The first-order valence-corrected chi connectivity index (χ1v) is 8.26. The second-order valence-corrected chi connectivity index (χ2v) is 6.61. The highest BCUT2D eigenvalue weighted by Crippen LogP contribution is 2.29. The molecule has 0 spiro atoms. The van der Waals surface area contributed by atoms with Crippen LogP contribution in [0, 0.1) is 12.8 Å². The van der Waals surface area contributed by atoms with Crippen LogP contribution in [0.4, 0.5) is 0 Å². The van der Waals surface area contributed by atoms with Crippen LogP contribution in [0.3, 0.4) is 0 Å². The van der Waals surface area contributed by atoms with Crippen LogP contribution >= 0.6 is 0 Å². The molecular weight excluding hydrogens is 260 g/mol.